The molecule has 5 rings (SSSR count). The molecule has 0 aliphatic carbocycles. The van der Waals surface area contributed by atoms with Crippen LogP contribution >= 0.6 is 0 Å². The number of nitrogens with one attached hydrogen (secondary N) is 1. The molecule has 4 nitrogen and oxygen atoms in total. The summed E-state index contributed by atoms with van der Waals surface area (Å²) in [5, 5.41) is 3.54. The zero-order valence-electron chi connectivity index (χ0n) is 16.5. The minimum atomic E-state index is -0.0962. The van der Waals surface area contributed by atoms with Gasteiger partial charge in [0.2, 0.25) is 0 Å². The van der Waals surface area contributed by atoms with Gasteiger partial charge in [0.15, 0.2) is 6.29 Å². The molecular formula is C24H28N2O2. The Balaban J connectivity index is 1.36. The van der Waals surface area contributed by atoms with E-state index in [-0.39, 0.29) is 6.29 Å². The molecule has 0 amide bonds. The number of nitrogens with zero attached hydrogens (tertiary/aromatic N) is 1. The highest BCUT2D eigenvalue weighted by molar-refractivity contribution is 5.77. The normalized spacial score (nSPS) is 24.1. The second-order valence-corrected chi connectivity index (χ2v) is 8.02. The first-order chi connectivity index (χ1) is 13.8. The van der Waals surface area contributed by atoms with Gasteiger partial charge in [0.25, 0.3) is 0 Å². The quantitative estimate of drug-likeness (QED) is 0.852. The van der Waals surface area contributed by atoms with Crippen molar-refractivity contribution < 1.29 is 9.47 Å². The predicted octanol–water partition coefficient (Wildman–Crippen LogP) is 4.10. The molecule has 2 fully saturated rings. The lowest BCUT2D eigenvalue weighted by atomic mass is 9.89. The molecule has 0 spiro atoms. The second-order valence-electron chi connectivity index (χ2n) is 8.02. The first-order valence-corrected chi connectivity index (χ1v) is 10.4. The van der Waals surface area contributed by atoms with Crippen LogP contribution in [0, 0.1) is 6.92 Å². The van der Waals surface area contributed by atoms with E-state index in [2.05, 4.69) is 59.6 Å². The van der Waals surface area contributed by atoms with Crippen LogP contribution in [0.3, 0.4) is 0 Å². The Kier molecular flexibility index (Phi) is 4.83. The molecule has 2 aromatic rings. The highest BCUT2D eigenvalue weighted by Gasteiger charge is 2.41. The van der Waals surface area contributed by atoms with Crippen LogP contribution < -0.4 is 10.1 Å². The molecule has 2 aromatic carbocycles. The van der Waals surface area contributed by atoms with E-state index in [9.17, 15) is 0 Å². The largest absolute Gasteiger partial charge is 0.465 e. The first kappa shape index (κ1) is 17.8. The fourth-order valence-electron chi connectivity index (χ4n) is 4.62. The van der Waals surface area contributed by atoms with Crippen LogP contribution in [-0.4, -0.2) is 36.9 Å². The van der Waals surface area contributed by atoms with Gasteiger partial charge in [0, 0.05) is 37.3 Å². The number of benzene rings is 2. The maximum atomic E-state index is 6.08. The SMILES string of the molecule is Cc1ccccc1C1=C2CNCC2N1Cc1cccc(OC2CCCCO2)c1. The van der Waals surface area contributed by atoms with E-state index in [4.69, 9.17) is 9.47 Å². The van der Waals surface area contributed by atoms with Crippen LogP contribution in [-0.2, 0) is 11.3 Å². The third kappa shape index (κ3) is 3.31. The van der Waals surface area contributed by atoms with E-state index in [1.54, 1.807) is 5.57 Å². The molecule has 4 heteroatoms. The highest BCUT2D eigenvalue weighted by atomic mass is 16.7. The molecule has 2 unspecified atom stereocenters. The fraction of sp³-hybridized carbons (Fsp3) is 0.417. The Bertz CT molecular complexity index is 886. The molecule has 0 radical (unpaired) electrons. The molecule has 3 aliphatic heterocycles. The summed E-state index contributed by atoms with van der Waals surface area (Å²) in [7, 11) is 0. The number of ether oxygens (including phenoxy) is 2. The van der Waals surface area contributed by atoms with E-state index in [0.29, 0.717) is 6.04 Å². The minimum absolute atomic E-state index is 0.0962. The average Bonchev–Trinajstić information content (AvgIpc) is 3.13. The Labute approximate surface area is 167 Å². The highest BCUT2D eigenvalue weighted by Crippen LogP contribution is 2.42. The van der Waals surface area contributed by atoms with Crippen molar-refractivity contribution in [3.8, 4) is 5.75 Å². The third-order valence-corrected chi connectivity index (χ3v) is 6.08. The summed E-state index contributed by atoms with van der Waals surface area (Å²) in [6.07, 6.45) is 3.20. The molecule has 3 heterocycles. The van der Waals surface area contributed by atoms with Crippen LogP contribution in [0.5, 0.6) is 5.75 Å². The first-order valence-electron chi connectivity index (χ1n) is 10.4. The van der Waals surface area contributed by atoms with Crippen molar-refractivity contribution in [2.24, 2.45) is 0 Å². The predicted molar refractivity (Wildman–Crippen MR) is 111 cm³/mol. The summed E-state index contributed by atoms with van der Waals surface area (Å²) in [5.41, 5.74) is 6.95. The fourth-order valence-corrected chi connectivity index (χ4v) is 4.62. The standard InChI is InChI=1S/C24H28N2O2/c1-17-7-2-3-10-20(17)24-21-14-25-15-22(21)26(24)16-18-8-6-9-19(13-18)28-23-11-4-5-12-27-23/h2-3,6-10,13,22-23,25H,4-5,11-12,14-16H2,1H3. The zero-order valence-corrected chi connectivity index (χ0v) is 16.5. The number of rotatable bonds is 5. The van der Waals surface area contributed by atoms with Gasteiger partial charge < -0.3 is 19.7 Å². The topological polar surface area (TPSA) is 33.7 Å². The van der Waals surface area contributed by atoms with Crippen LogP contribution in [0.15, 0.2) is 54.1 Å². The average molecular weight is 377 g/mol. The van der Waals surface area contributed by atoms with E-state index in [0.717, 1.165) is 44.8 Å². The lowest BCUT2D eigenvalue weighted by Gasteiger charge is -2.44. The number of aryl methyl sites for hydroxylation is 1. The molecule has 146 valence electrons. The summed E-state index contributed by atoms with van der Waals surface area (Å²) in [5.74, 6) is 0.913. The Morgan fingerprint density at radius 3 is 2.93 bits per heavy atom. The van der Waals surface area contributed by atoms with Gasteiger partial charge in [-0.1, -0.05) is 36.4 Å². The molecule has 0 aromatic heterocycles. The van der Waals surface area contributed by atoms with Gasteiger partial charge >= 0.3 is 0 Å². The summed E-state index contributed by atoms with van der Waals surface area (Å²) < 4.78 is 11.8. The van der Waals surface area contributed by atoms with Crippen molar-refractivity contribution in [2.75, 3.05) is 19.7 Å². The molecule has 2 atom stereocenters. The summed E-state index contributed by atoms with van der Waals surface area (Å²) in [4.78, 5) is 2.55. The molecule has 28 heavy (non-hydrogen) atoms. The molecule has 1 N–H and O–H groups in total. The number of hydrogen-bond donors (Lipinski definition) is 1. The Hall–Kier alpha value is -2.30. The van der Waals surface area contributed by atoms with E-state index < -0.39 is 0 Å². The van der Waals surface area contributed by atoms with Gasteiger partial charge in [-0.3, -0.25) is 0 Å². The summed E-state index contributed by atoms with van der Waals surface area (Å²) in [6.45, 7) is 5.96. The Morgan fingerprint density at radius 2 is 2.07 bits per heavy atom. The van der Waals surface area contributed by atoms with Crippen molar-refractivity contribution in [2.45, 2.75) is 45.1 Å². The van der Waals surface area contributed by atoms with Crippen LogP contribution in [0.1, 0.15) is 36.0 Å². The van der Waals surface area contributed by atoms with E-state index >= 15 is 0 Å². The Morgan fingerprint density at radius 1 is 1.14 bits per heavy atom. The molecule has 0 saturated carbocycles. The van der Waals surface area contributed by atoms with Crippen molar-refractivity contribution in [1.82, 2.24) is 10.2 Å². The summed E-state index contributed by atoms with van der Waals surface area (Å²) in [6, 6.07) is 17.7. The molecule has 0 bridgehead atoms. The van der Waals surface area contributed by atoms with Gasteiger partial charge in [-0.2, -0.15) is 0 Å². The molecule has 2 saturated heterocycles. The van der Waals surface area contributed by atoms with Crippen molar-refractivity contribution in [3.05, 3.63) is 70.8 Å². The van der Waals surface area contributed by atoms with Crippen LogP contribution in [0.4, 0.5) is 0 Å². The monoisotopic (exact) mass is 376 g/mol. The maximum absolute atomic E-state index is 6.08. The van der Waals surface area contributed by atoms with Crippen LogP contribution in [0.2, 0.25) is 0 Å². The third-order valence-electron chi connectivity index (χ3n) is 6.08. The number of hydrogen-bond acceptors (Lipinski definition) is 4. The van der Waals surface area contributed by atoms with Crippen molar-refractivity contribution >= 4 is 5.70 Å². The van der Waals surface area contributed by atoms with Crippen LogP contribution in [0.25, 0.3) is 5.70 Å². The maximum Gasteiger partial charge on any atom is 0.199 e. The summed E-state index contributed by atoms with van der Waals surface area (Å²) >= 11 is 0. The van der Waals surface area contributed by atoms with Gasteiger partial charge in [0.05, 0.1) is 12.6 Å². The molecular weight excluding hydrogens is 348 g/mol. The van der Waals surface area contributed by atoms with Gasteiger partial charge in [-0.25, -0.2) is 0 Å². The second kappa shape index (κ2) is 7.61. The van der Waals surface area contributed by atoms with E-state index in [1.807, 2.05) is 6.07 Å². The number of fused-ring (bicyclic) bond motifs is 1. The lowest BCUT2D eigenvalue weighted by Crippen LogP contribution is -2.44. The molecule has 3 aliphatic rings. The minimum Gasteiger partial charge on any atom is -0.465 e. The van der Waals surface area contributed by atoms with Gasteiger partial charge in [-0.05, 0) is 48.6 Å². The van der Waals surface area contributed by atoms with Crippen molar-refractivity contribution in [3.63, 3.8) is 0 Å². The van der Waals surface area contributed by atoms with E-state index in [1.165, 1.54) is 28.8 Å². The van der Waals surface area contributed by atoms with Gasteiger partial charge in [0.1, 0.15) is 5.75 Å². The van der Waals surface area contributed by atoms with Crippen molar-refractivity contribution in [1.29, 1.82) is 0 Å². The smallest absolute Gasteiger partial charge is 0.199 e. The zero-order chi connectivity index (χ0) is 18.9. The van der Waals surface area contributed by atoms with Gasteiger partial charge in [-0.15, -0.1) is 0 Å². The lowest BCUT2D eigenvalue weighted by molar-refractivity contribution is -0.105.